The molecule has 0 aromatic carbocycles. The van der Waals surface area contributed by atoms with Crippen LogP contribution in [0.3, 0.4) is 0 Å². The van der Waals surface area contributed by atoms with Gasteiger partial charge in [-0.2, -0.15) is 0 Å². The summed E-state index contributed by atoms with van der Waals surface area (Å²) < 4.78 is 2.19. The van der Waals surface area contributed by atoms with Crippen molar-refractivity contribution in [1.82, 2.24) is 14.5 Å². The zero-order valence-electron chi connectivity index (χ0n) is 10.8. The number of amides is 1. The fourth-order valence-electron chi connectivity index (χ4n) is 1.56. The molecule has 0 fully saturated rings. The minimum Gasteiger partial charge on any atom is -0.393 e. The largest absolute Gasteiger partial charge is 0.393 e. The van der Waals surface area contributed by atoms with Crippen molar-refractivity contribution < 1.29 is 4.79 Å². The highest BCUT2D eigenvalue weighted by molar-refractivity contribution is 5.76. The third-order valence-electron chi connectivity index (χ3n) is 2.37. The van der Waals surface area contributed by atoms with Crippen LogP contribution in [0.1, 0.15) is 20.3 Å². The van der Waals surface area contributed by atoms with Crippen LogP contribution in [0.2, 0.25) is 0 Å². The Morgan fingerprint density at radius 3 is 2.61 bits per heavy atom. The van der Waals surface area contributed by atoms with Gasteiger partial charge in [0.2, 0.25) is 5.91 Å². The standard InChI is InChI=1S/C11H18N4O3/c1-7(2)13-9(16)4-5-15-10(17)8(12)6-14(3)11(15)18/h6-7H,4-5,12H2,1-3H3,(H,13,16). The summed E-state index contributed by atoms with van der Waals surface area (Å²) in [4.78, 5) is 34.8. The first kappa shape index (κ1) is 14.0. The van der Waals surface area contributed by atoms with Crippen molar-refractivity contribution in [1.29, 1.82) is 0 Å². The Balaban J connectivity index is 2.89. The van der Waals surface area contributed by atoms with Gasteiger partial charge >= 0.3 is 5.69 Å². The highest BCUT2D eigenvalue weighted by Crippen LogP contribution is 1.90. The molecule has 0 aliphatic rings. The summed E-state index contributed by atoms with van der Waals surface area (Å²) in [6, 6.07) is 0.0258. The van der Waals surface area contributed by atoms with Crippen LogP contribution >= 0.6 is 0 Å². The molecule has 0 aliphatic carbocycles. The van der Waals surface area contributed by atoms with Crippen molar-refractivity contribution >= 4 is 11.6 Å². The number of aromatic nitrogens is 2. The molecule has 3 N–H and O–H groups in total. The molecule has 0 aliphatic heterocycles. The lowest BCUT2D eigenvalue weighted by Crippen LogP contribution is -2.41. The molecule has 0 unspecified atom stereocenters. The molecule has 1 amide bonds. The first-order valence-corrected chi connectivity index (χ1v) is 5.68. The molecule has 1 aromatic rings. The zero-order valence-corrected chi connectivity index (χ0v) is 10.8. The van der Waals surface area contributed by atoms with Gasteiger partial charge in [0, 0.05) is 32.3 Å². The molecule has 0 spiro atoms. The number of nitrogens with two attached hydrogens (primary N) is 1. The number of hydrogen-bond donors (Lipinski definition) is 2. The van der Waals surface area contributed by atoms with Gasteiger partial charge in [-0.25, -0.2) is 4.79 Å². The quantitative estimate of drug-likeness (QED) is 0.723. The SMILES string of the molecule is CC(C)NC(=O)CCn1c(=O)c(N)cn(C)c1=O. The van der Waals surface area contributed by atoms with E-state index in [9.17, 15) is 14.4 Å². The third-order valence-corrected chi connectivity index (χ3v) is 2.37. The summed E-state index contributed by atoms with van der Waals surface area (Å²) in [6.07, 6.45) is 1.34. The van der Waals surface area contributed by atoms with Crippen LogP contribution in [0.4, 0.5) is 5.69 Å². The lowest BCUT2D eigenvalue weighted by Gasteiger charge is -2.10. The van der Waals surface area contributed by atoms with Gasteiger partial charge in [0.1, 0.15) is 5.69 Å². The number of aryl methyl sites for hydroxylation is 1. The molecular weight excluding hydrogens is 236 g/mol. The summed E-state index contributed by atoms with van der Waals surface area (Å²) in [5.74, 6) is -0.207. The zero-order chi connectivity index (χ0) is 13.9. The van der Waals surface area contributed by atoms with Crippen LogP contribution < -0.4 is 22.3 Å². The Morgan fingerprint density at radius 2 is 2.06 bits per heavy atom. The molecule has 0 saturated carbocycles. The summed E-state index contributed by atoms with van der Waals surface area (Å²) >= 11 is 0. The van der Waals surface area contributed by atoms with Gasteiger partial charge in [-0.1, -0.05) is 0 Å². The second-order valence-corrected chi connectivity index (χ2v) is 4.41. The Bertz CT molecular complexity index is 522. The Labute approximate surface area is 104 Å². The van der Waals surface area contributed by atoms with Gasteiger partial charge in [-0.3, -0.25) is 14.2 Å². The summed E-state index contributed by atoms with van der Waals surface area (Å²) in [7, 11) is 1.50. The normalized spacial score (nSPS) is 10.7. The van der Waals surface area contributed by atoms with Gasteiger partial charge in [0.05, 0.1) is 0 Å². The fraction of sp³-hybridized carbons (Fsp3) is 0.545. The molecular formula is C11H18N4O3. The first-order chi connectivity index (χ1) is 8.32. The van der Waals surface area contributed by atoms with E-state index in [0.29, 0.717) is 0 Å². The van der Waals surface area contributed by atoms with Crippen LogP contribution in [-0.2, 0) is 18.4 Å². The fourth-order valence-corrected chi connectivity index (χ4v) is 1.56. The summed E-state index contributed by atoms with van der Waals surface area (Å²) in [5, 5.41) is 2.69. The van der Waals surface area contributed by atoms with Crippen molar-refractivity contribution in [2.45, 2.75) is 32.9 Å². The van der Waals surface area contributed by atoms with E-state index in [-0.39, 0.29) is 30.6 Å². The maximum Gasteiger partial charge on any atom is 0.330 e. The van der Waals surface area contributed by atoms with Crippen LogP contribution in [0.25, 0.3) is 0 Å². The third kappa shape index (κ3) is 3.22. The molecule has 1 heterocycles. The van der Waals surface area contributed by atoms with Crippen molar-refractivity contribution in [2.75, 3.05) is 5.73 Å². The van der Waals surface area contributed by atoms with Gasteiger partial charge in [0.25, 0.3) is 5.56 Å². The van der Waals surface area contributed by atoms with Gasteiger partial charge in [0.15, 0.2) is 0 Å². The predicted octanol–water partition coefficient (Wildman–Crippen LogP) is -0.956. The summed E-state index contributed by atoms with van der Waals surface area (Å²) in [5.41, 5.74) is 4.43. The maximum absolute atomic E-state index is 11.7. The van der Waals surface area contributed by atoms with E-state index in [0.717, 1.165) is 4.57 Å². The number of rotatable bonds is 4. The number of hydrogen-bond acceptors (Lipinski definition) is 4. The lowest BCUT2D eigenvalue weighted by molar-refractivity contribution is -0.121. The highest BCUT2D eigenvalue weighted by Gasteiger charge is 2.10. The number of nitrogens with zero attached hydrogens (tertiary/aromatic N) is 2. The molecule has 1 aromatic heterocycles. The molecule has 0 atom stereocenters. The minimum atomic E-state index is -0.560. The molecule has 0 radical (unpaired) electrons. The average Bonchev–Trinajstić information content (AvgIpc) is 2.25. The van der Waals surface area contributed by atoms with Crippen molar-refractivity contribution in [2.24, 2.45) is 7.05 Å². The lowest BCUT2D eigenvalue weighted by atomic mass is 10.3. The smallest absolute Gasteiger partial charge is 0.330 e. The number of nitrogens with one attached hydrogen (secondary N) is 1. The molecule has 0 bridgehead atoms. The van der Waals surface area contributed by atoms with E-state index in [1.54, 1.807) is 0 Å². The second-order valence-electron chi connectivity index (χ2n) is 4.41. The Morgan fingerprint density at radius 1 is 1.44 bits per heavy atom. The maximum atomic E-state index is 11.7. The van der Waals surface area contributed by atoms with Gasteiger partial charge in [-0.15, -0.1) is 0 Å². The second kappa shape index (κ2) is 5.52. The predicted molar refractivity (Wildman–Crippen MR) is 68.3 cm³/mol. The van der Waals surface area contributed by atoms with Gasteiger partial charge < -0.3 is 15.6 Å². The van der Waals surface area contributed by atoms with Crippen molar-refractivity contribution in [3.05, 3.63) is 27.0 Å². The molecule has 7 nitrogen and oxygen atoms in total. The molecule has 0 saturated heterocycles. The topological polar surface area (TPSA) is 99.1 Å². The highest BCUT2D eigenvalue weighted by atomic mass is 16.2. The molecule has 1 rings (SSSR count). The minimum absolute atomic E-state index is 0.0126. The number of carbonyl (C=O) groups is 1. The van der Waals surface area contributed by atoms with E-state index < -0.39 is 11.2 Å². The number of carbonyl (C=O) groups excluding carboxylic acids is 1. The van der Waals surface area contributed by atoms with Crippen LogP contribution in [-0.4, -0.2) is 21.1 Å². The van der Waals surface area contributed by atoms with E-state index in [1.165, 1.54) is 17.8 Å². The molecule has 100 valence electrons. The van der Waals surface area contributed by atoms with Crippen molar-refractivity contribution in [3.63, 3.8) is 0 Å². The summed E-state index contributed by atoms with van der Waals surface area (Å²) in [6.45, 7) is 3.70. The van der Waals surface area contributed by atoms with Crippen LogP contribution in [0, 0.1) is 0 Å². The molecule has 18 heavy (non-hydrogen) atoms. The van der Waals surface area contributed by atoms with Crippen LogP contribution in [0.15, 0.2) is 15.8 Å². The van der Waals surface area contributed by atoms with E-state index in [1.807, 2.05) is 13.8 Å². The molecule has 7 heteroatoms. The first-order valence-electron chi connectivity index (χ1n) is 5.68. The Kier molecular flexibility index (Phi) is 4.30. The number of anilines is 1. The van der Waals surface area contributed by atoms with E-state index in [2.05, 4.69) is 5.32 Å². The average molecular weight is 254 g/mol. The van der Waals surface area contributed by atoms with E-state index in [4.69, 9.17) is 5.73 Å². The van der Waals surface area contributed by atoms with E-state index >= 15 is 0 Å². The monoisotopic (exact) mass is 254 g/mol. The Hall–Kier alpha value is -2.05. The van der Waals surface area contributed by atoms with Crippen molar-refractivity contribution in [3.8, 4) is 0 Å². The number of nitrogen functional groups attached to an aromatic ring is 1. The van der Waals surface area contributed by atoms with Crippen LogP contribution in [0.5, 0.6) is 0 Å². The van der Waals surface area contributed by atoms with Gasteiger partial charge in [-0.05, 0) is 13.8 Å².